The fourth-order valence-electron chi connectivity index (χ4n) is 3.79. The van der Waals surface area contributed by atoms with E-state index in [0.29, 0.717) is 30.3 Å². The van der Waals surface area contributed by atoms with Crippen molar-refractivity contribution in [1.82, 2.24) is 15.2 Å². The molecule has 0 fully saturated rings. The lowest BCUT2D eigenvalue weighted by Crippen LogP contribution is -2.28. The maximum Gasteiger partial charge on any atom is 0.258 e. The standard InChI is InChI=1S/C27H29N3O4S/c1-30(2)16-20-14-18(27-29-21-9-5-6-11-24(21)35-27)12-13-22(20)34-17-25(31)28-15-19-8-7-10-23(32-3)26(19)33-4/h5-14H,15-17H2,1-4H3,(H,28,31). The van der Waals surface area contributed by atoms with E-state index in [2.05, 4.69) is 22.3 Å². The summed E-state index contributed by atoms with van der Waals surface area (Å²) >= 11 is 1.66. The van der Waals surface area contributed by atoms with Crippen molar-refractivity contribution in [2.75, 3.05) is 34.9 Å². The molecule has 7 nitrogen and oxygen atoms in total. The summed E-state index contributed by atoms with van der Waals surface area (Å²) in [6.45, 7) is 0.896. The highest BCUT2D eigenvalue weighted by atomic mass is 32.1. The summed E-state index contributed by atoms with van der Waals surface area (Å²) in [5.74, 6) is 1.69. The molecule has 0 saturated carbocycles. The van der Waals surface area contributed by atoms with Gasteiger partial charge < -0.3 is 24.4 Å². The van der Waals surface area contributed by atoms with Crippen LogP contribution in [0.25, 0.3) is 20.8 Å². The minimum absolute atomic E-state index is 0.0901. The number of aromatic nitrogens is 1. The minimum Gasteiger partial charge on any atom is -0.493 e. The molecule has 0 atom stereocenters. The number of amides is 1. The number of nitrogens with one attached hydrogen (secondary N) is 1. The molecule has 1 aromatic heterocycles. The van der Waals surface area contributed by atoms with Gasteiger partial charge >= 0.3 is 0 Å². The van der Waals surface area contributed by atoms with E-state index in [9.17, 15) is 4.79 Å². The van der Waals surface area contributed by atoms with Crippen LogP contribution in [0.3, 0.4) is 0 Å². The van der Waals surface area contributed by atoms with E-state index in [1.165, 1.54) is 0 Å². The van der Waals surface area contributed by atoms with Gasteiger partial charge in [0.15, 0.2) is 18.1 Å². The lowest BCUT2D eigenvalue weighted by Gasteiger charge is -2.16. The molecular formula is C27H29N3O4S. The number of hydrogen-bond donors (Lipinski definition) is 1. The highest BCUT2D eigenvalue weighted by Crippen LogP contribution is 2.33. The molecule has 1 N–H and O–H groups in total. The van der Waals surface area contributed by atoms with Crippen LogP contribution >= 0.6 is 11.3 Å². The van der Waals surface area contributed by atoms with Gasteiger partial charge in [0.05, 0.1) is 24.4 Å². The van der Waals surface area contributed by atoms with Gasteiger partial charge in [-0.15, -0.1) is 11.3 Å². The Kier molecular flexibility index (Phi) is 7.84. The number of benzene rings is 3. The fraction of sp³-hybridized carbons (Fsp3) is 0.259. The Hall–Kier alpha value is -3.62. The first kappa shape index (κ1) is 24.5. The zero-order valence-corrected chi connectivity index (χ0v) is 21.1. The number of thiazole rings is 1. The van der Waals surface area contributed by atoms with Gasteiger partial charge in [0, 0.05) is 29.8 Å². The van der Waals surface area contributed by atoms with E-state index in [1.807, 2.05) is 62.6 Å². The molecule has 4 aromatic rings. The Balaban J connectivity index is 1.45. The Morgan fingerprint density at radius 3 is 2.54 bits per heavy atom. The summed E-state index contributed by atoms with van der Waals surface area (Å²) in [5, 5.41) is 3.85. The molecule has 1 heterocycles. The lowest BCUT2D eigenvalue weighted by molar-refractivity contribution is -0.123. The Morgan fingerprint density at radius 2 is 1.80 bits per heavy atom. The smallest absolute Gasteiger partial charge is 0.258 e. The first-order chi connectivity index (χ1) is 17.0. The number of methoxy groups -OCH3 is 2. The van der Waals surface area contributed by atoms with Crippen LogP contribution in [0.2, 0.25) is 0 Å². The number of hydrogen-bond acceptors (Lipinski definition) is 7. The van der Waals surface area contributed by atoms with Gasteiger partial charge in [-0.05, 0) is 50.5 Å². The summed E-state index contributed by atoms with van der Waals surface area (Å²) in [6, 6.07) is 19.7. The van der Waals surface area contributed by atoms with Crippen LogP contribution in [0.1, 0.15) is 11.1 Å². The number of ether oxygens (including phenoxy) is 3. The van der Waals surface area contributed by atoms with Crippen LogP contribution < -0.4 is 19.5 Å². The molecule has 8 heteroatoms. The van der Waals surface area contributed by atoms with Crippen LogP contribution in [-0.4, -0.2) is 50.7 Å². The second-order valence-corrected chi connectivity index (χ2v) is 9.30. The molecule has 0 unspecified atom stereocenters. The zero-order chi connectivity index (χ0) is 24.8. The normalized spacial score (nSPS) is 11.0. The van der Waals surface area contributed by atoms with Crippen molar-refractivity contribution < 1.29 is 19.0 Å². The number of carbonyl (C=O) groups is 1. The molecule has 0 saturated heterocycles. The van der Waals surface area contributed by atoms with Gasteiger partial charge in [0.2, 0.25) is 0 Å². The van der Waals surface area contributed by atoms with Crippen molar-refractivity contribution in [3.8, 4) is 27.8 Å². The molecule has 0 spiro atoms. The molecule has 0 radical (unpaired) electrons. The third kappa shape index (κ3) is 5.90. The predicted molar refractivity (Wildman–Crippen MR) is 139 cm³/mol. The molecule has 0 aliphatic heterocycles. The van der Waals surface area contributed by atoms with Crippen molar-refractivity contribution in [1.29, 1.82) is 0 Å². The van der Waals surface area contributed by atoms with Gasteiger partial charge in [0.25, 0.3) is 5.91 Å². The topological polar surface area (TPSA) is 72.9 Å². The Labute approximate surface area is 209 Å². The largest absolute Gasteiger partial charge is 0.493 e. The van der Waals surface area contributed by atoms with Gasteiger partial charge in [-0.3, -0.25) is 4.79 Å². The Bertz CT molecular complexity index is 1290. The third-order valence-electron chi connectivity index (χ3n) is 5.41. The maximum absolute atomic E-state index is 12.5. The van der Waals surface area contributed by atoms with Crippen LogP contribution in [0.5, 0.6) is 17.2 Å². The molecule has 0 aliphatic rings. The number of para-hydroxylation sites is 2. The molecule has 0 bridgehead atoms. The van der Waals surface area contributed by atoms with Gasteiger partial charge in [-0.2, -0.15) is 0 Å². The van der Waals surface area contributed by atoms with Gasteiger partial charge in [0.1, 0.15) is 10.8 Å². The minimum atomic E-state index is -0.221. The molecule has 35 heavy (non-hydrogen) atoms. The number of fused-ring (bicyclic) bond motifs is 1. The molecular weight excluding hydrogens is 462 g/mol. The van der Waals surface area contributed by atoms with Crippen LogP contribution in [-0.2, 0) is 17.9 Å². The monoisotopic (exact) mass is 491 g/mol. The number of rotatable bonds is 10. The summed E-state index contributed by atoms with van der Waals surface area (Å²) < 4.78 is 17.8. The van der Waals surface area contributed by atoms with Crippen molar-refractivity contribution in [3.63, 3.8) is 0 Å². The van der Waals surface area contributed by atoms with Crippen LogP contribution in [0.4, 0.5) is 0 Å². The lowest BCUT2D eigenvalue weighted by atomic mass is 10.1. The van der Waals surface area contributed by atoms with E-state index >= 15 is 0 Å². The second kappa shape index (κ2) is 11.2. The quantitative estimate of drug-likeness (QED) is 0.346. The molecule has 0 aliphatic carbocycles. The third-order valence-corrected chi connectivity index (χ3v) is 6.49. The SMILES string of the molecule is COc1cccc(CNC(=O)COc2ccc(-c3nc4ccccc4s3)cc2CN(C)C)c1OC. The summed E-state index contributed by atoms with van der Waals surface area (Å²) in [4.78, 5) is 19.4. The molecule has 1 amide bonds. The zero-order valence-electron chi connectivity index (χ0n) is 20.3. The van der Waals surface area contributed by atoms with E-state index in [0.717, 1.165) is 31.9 Å². The van der Waals surface area contributed by atoms with Crippen molar-refractivity contribution >= 4 is 27.5 Å². The van der Waals surface area contributed by atoms with Crippen LogP contribution in [0.15, 0.2) is 60.7 Å². The molecule has 3 aromatic carbocycles. The Morgan fingerprint density at radius 1 is 0.971 bits per heavy atom. The van der Waals surface area contributed by atoms with E-state index in [1.54, 1.807) is 25.6 Å². The summed E-state index contributed by atoms with van der Waals surface area (Å²) in [5.41, 5.74) is 3.85. The summed E-state index contributed by atoms with van der Waals surface area (Å²) in [6.07, 6.45) is 0. The predicted octanol–water partition coefficient (Wildman–Crippen LogP) is 4.74. The highest BCUT2D eigenvalue weighted by Gasteiger charge is 2.14. The number of carbonyl (C=O) groups excluding carboxylic acids is 1. The first-order valence-electron chi connectivity index (χ1n) is 11.2. The average Bonchev–Trinajstić information content (AvgIpc) is 3.30. The van der Waals surface area contributed by atoms with Gasteiger partial charge in [-0.25, -0.2) is 4.98 Å². The average molecular weight is 492 g/mol. The van der Waals surface area contributed by atoms with Crippen molar-refractivity contribution in [3.05, 3.63) is 71.8 Å². The summed E-state index contributed by atoms with van der Waals surface area (Å²) in [7, 11) is 7.17. The van der Waals surface area contributed by atoms with Crippen molar-refractivity contribution in [2.24, 2.45) is 0 Å². The van der Waals surface area contributed by atoms with E-state index in [4.69, 9.17) is 19.2 Å². The van der Waals surface area contributed by atoms with E-state index < -0.39 is 0 Å². The van der Waals surface area contributed by atoms with Gasteiger partial charge in [-0.1, -0.05) is 24.3 Å². The van der Waals surface area contributed by atoms with Crippen molar-refractivity contribution in [2.45, 2.75) is 13.1 Å². The molecule has 4 rings (SSSR count). The molecule has 182 valence electrons. The number of nitrogens with zero attached hydrogens (tertiary/aromatic N) is 2. The van der Waals surface area contributed by atoms with E-state index in [-0.39, 0.29) is 12.5 Å². The van der Waals surface area contributed by atoms with Crippen LogP contribution in [0, 0.1) is 0 Å². The fourth-order valence-corrected chi connectivity index (χ4v) is 4.76. The maximum atomic E-state index is 12.5. The second-order valence-electron chi connectivity index (χ2n) is 8.27. The first-order valence-corrected chi connectivity index (χ1v) is 12.0. The highest BCUT2D eigenvalue weighted by molar-refractivity contribution is 7.21.